The molecule has 1 aliphatic heterocycles. The van der Waals surface area contributed by atoms with Crippen LogP contribution in [0.25, 0.3) is 0 Å². The molecule has 0 amide bonds. The predicted molar refractivity (Wildman–Crippen MR) is 81.1 cm³/mol. The molecule has 22 heavy (non-hydrogen) atoms. The molecule has 1 aromatic carbocycles. The molecule has 1 fully saturated rings. The van der Waals surface area contributed by atoms with Crippen LogP contribution < -0.4 is 10.1 Å². The van der Waals surface area contributed by atoms with E-state index in [1.54, 1.807) is 12.1 Å². The number of hydrogen-bond donors (Lipinski definition) is 1. The summed E-state index contributed by atoms with van der Waals surface area (Å²) in [5.41, 5.74) is 1.04. The van der Waals surface area contributed by atoms with Gasteiger partial charge in [-0.1, -0.05) is 12.1 Å². The van der Waals surface area contributed by atoms with E-state index < -0.39 is 16.4 Å². The van der Waals surface area contributed by atoms with Gasteiger partial charge in [0.2, 0.25) is 0 Å². The quantitative estimate of drug-likeness (QED) is 0.832. The van der Waals surface area contributed by atoms with Gasteiger partial charge in [-0.15, -0.1) is 0 Å². The molecule has 1 N–H and O–H groups in total. The molecule has 1 heterocycles. The van der Waals surface area contributed by atoms with Crippen molar-refractivity contribution in [3.63, 3.8) is 0 Å². The number of rotatable bonds is 7. The van der Waals surface area contributed by atoms with Crippen LogP contribution in [0.2, 0.25) is 0 Å². The van der Waals surface area contributed by atoms with E-state index in [9.17, 15) is 17.2 Å². The van der Waals surface area contributed by atoms with Crippen LogP contribution >= 0.6 is 0 Å². The molecule has 0 radical (unpaired) electrons. The number of aryl methyl sites for hydroxylation is 1. The molecule has 4 nitrogen and oxygen atoms in total. The first kappa shape index (κ1) is 17.1. The number of benzene rings is 1. The number of ether oxygens (including phenoxy) is 1. The van der Waals surface area contributed by atoms with Crippen LogP contribution in [0, 0.1) is 0 Å². The zero-order valence-corrected chi connectivity index (χ0v) is 13.3. The fourth-order valence-electron chi connectivity index (χ4n) is 2.63. The fraction of sp³-hybridized carbons (Fsp3) is 0.600. The van der Waals surface area contributed by atoms with Crippen LogP contribution in [0.15, 0.2) is 24.3 Å². The topological polar surface area (TPSA) is 55.4 Å². The van der Waals surface area contributed by atoms with Crippen molar-refractivity contribution < 1.29 is 21.9 Å². The zero-order chi connectivity index (χ0) is 16.2. The van der Waals surface area contributed by atoms with E-state index in [2.05, 4.69) is 10.1 Å². The Morgan fingerprint density at radius 1 is 1.32 bits per heavy atom. The minimum atomic E-state index is -2.86. The Balaban J connectivity index is 1.75. The second-order valence-electron chi connectivity index (χ2n) is 5.73. The standard InChI is InChI=1S/C15H21F2NO3S/c1-11(18-13-8-9-22(19,20)10-13)2-3-12-4-6-14(7-5-12)21-15(16)17/h4-7,11,13,15,18H,2-3,8-10H2,1H3. The van der Waals surface area contributed by atoms with Gasteiger partial charge in [-0.05, 0) is 43.9 Å². The molecule has 1 aromatic rings. The molecule has 0 bridgehead atoms. The number of hydrogen-bond acceptors (Lipinski definition) is 4. The molecule has 2 atom stereocenters. The van der Waals surface area contributed by atoms with Gasteiger partial charge in [0.15, 0.2) is 9.84 Å². The summed E-state index contributed by atoms with van der Waals surface area (Å²) in [6.45, 7) is -0.781. The fourth-order valence-corrected chi connectivity index (χ4v) is 4.32. The molecule has 0 saturated carbocycles. The van der Waals surface area contributed by atoms with Crippen molar-refractivity contribution in [3.8, 4) is 5.75 Å². The summed E-state index contributed by atoms with van der Waals surface area (Å²) in [5, 5.41) is 3.34. The monoisotopic (exact) mass is 333 g/mol. The second kappa shape index (κ2) is 7.37. The Hall–Kier alpha value is -1.21. The van der Waals surface area contributed by atoms with Crippen LogP contribution in [0.4, 0.5) is 8.78 Å². The van der Waals surface area contributed by atoms with Crippen molar-refractivity contribution in [1.29, 1.82) is 0 Å². The van der Waals surface area contributed by atoms with Crippen LogP contribution in [0.5, 0.6) is 5.75 Å². The van der Waals surface area contributed by atoms with Crippen LogP contribution in [0.3, 0.4) is 0 Å². The largest absolute Gasteiger partial charge is 0.435 e. The molecule has 0 spiro atoms. The van der Waals surface area contributed by atoms with Crippen LogP contribution in [0.1, 0.15) is 25.3 Å². The highest BCUT2D eigenvalue weighted by Gasteiger charge is 2.28. The summed E-state index contributed by atoms with van der Waals surface area (Å²) in [6, 6.07) is 6.85. The van der Waals surface area contributed by atoms with Gasteiger partial charge in [0.05, 0.1) is 11.5 Å². The number of halogens is 2. The third-order valence-corrected chi connectivity index (χ3v) is 5.54. The highest BCUT2D eigenvalue weighted by atomic mass is 32.2. The normalized spacial score (nSPS) is 21.9. The summed E-state index contributed by atoms with van der Waals surface area (Å²) >= 11 is 0. The van der Waals surface area contributed by atoms with Gasteiger partial charge in [-0.2, -0.15) is 8.78 Å². The van der Waals surface area contributed by atoms with Crippen molar-refractivity contribution in [2.45, 2.75) is 44.9 Å². The maximum Gasteiger partial charge on any atom is 0.387 e. The van der Waals surface area contributed by atoms with Gasteiger partial charge in [-0.25, -0.2) is 8.42 Å². The van der Waals surface area contributed by atoms with Crippen molar-refractivity contribution >= 4 is 9.84 Å². The van der Waals surface area contributed by atoms with E-state index in [-0.39, 0.29) is 29.3 Å². The minimum Gasteiger partial charge on any atom is -0.435 e. The average molecular weight is 333 g/mol. The molecule has 7 heteroatoms. The Kier molecular flexibility index (Phi) is 5.74. The van der Waals surface area contributed by atoms with Gasteiger partial charge >= 0.3 is 6.61 Å². The van der Waals surface area contributed by atoms with Gasteiger partial charge in [0.25, 0.3) is 0 Å². The minimum absolute atomic E-state index is 0.0433. The molecule has 2 unspecified atom stereocenters. The third-order valence-electron chi connectivity index (χ3n) is 3.77. The Morgan fingerprint density at radius 2 is 2.00 bits per heavy atom. The number of nitrogens with one attached hydrogen (secondary N) is 1. The molecule has 2 rings (SSSR count). The summed E-state index contributed by atoms with van der Waals surface area (Å²) in [5.74, 6) is 0.640. The molecule has 124 valence electrons. The lowest BCUT2D eigenvalue weighted by Gasteiger charge is -2.18. The van der Waals surface area contributed by atoms with E-state index in [0.717, 1.165) is 18.4 Å². The first-order valence-electron chi connectivity index (χ1n) is 7.34. The van der Waals surface area contributed by atoms with Crippen molar-refractivity contribution in [1.82, 2.24) is 5.32 Å². The average Bonchev–Trinajstić information content (AvgIpc) is 2.76. The van der Waals surface area contributed by atoms with Gasteiger partial charge in [-0.3, -0.25) is 0 Å². The maximum atomic E-state index is 12.1. The van der Waals surface area contributed by atoms with Gasteiger partial charge < -0.3 is 10.1 Å². The number of alkyl halides is 2. The zero-order valence-electron chi connectivity index (χ0n) is 12.5. The van der Waals surface area contributed by atoms with Crippen molar-refractivity contribution in [3.05, 3.63) is 29.8 Å². The van der Waals surface area contributed by atoms with Gasteiger partial charge in [0.1, 0.15) is 5.75 Å². The van der Waals surface area contributed by atoms with E-state index >= 15 is 0 Å². The predicted octanol–water partition coefficient (Wildman–Crippen LogP) is 2.39. The first-order valence-corrected chi connectivity index (χ1v) is 9.16. The maximum absolute atomic E-state index is 12.1. The van der Waals surface area contributed by atoms with Crippen molar-refractivity contribution in [2.24, 2.45) is 0 Å². The van der Waals surface area contributed by atoms with Crippen LogP contribution in [-0.4, -0.2) is 38.6 Å². The van der Waals surface area contributed by atoms with E-state index in [4.69, 9.17) is 0 Å². The summed E-state index contributed by atoms with van der Waals surface area (Å²) in [7, 11) is -2.86. The Morgan fingerprint density at radius 3 is 2.55 bits per heavy atom. The molecular weight excluding hydrogens is 312 g/mol. The summed E-state index contributed by atoms with van der Waals surface area (Å²) in [6.07, 6.45) is 2.32. The van der Waals surface area contributed by atoms with Crippen LogP contribution in [-0.2, 0) is 16.3 Å². The second-order valence-corrected chi connectivity index (χ2v) is 7.96. The highest BCUT2D eigenvalue weighted by molar-refractivity contribution is 7.91. The third kappa shape index (κ3) is 5.53. The summed E-state index contributed by atoms with van der Waals surface area (Å²) in [4.78, 5) is 0. The lowest BCUT2D eigenvalue weighted by Crippen LogP contribution is -2.37. The SMILES string of the molecule is CC(CCc1ccc(OC(F)F)cc1)NC1CCS(=O)(=O)C1. The smallest absolute Gasteiger partial charge is 0.387 e. The van der Waals surface area contributed by atoms with E-state index in [0.29, 0.717) is 6.42 Å². The van der Waals surface area contributed by atoms with Gasteiger partial charge in [0, 0.05) is 12.1 Å². The lowest BCUT2D eigenvalue weighted by atomic mass is 10.1. The molecule has 1 saturated heterocycles. The molecule has 1 aliphatic rings. The highest BCUT2D eigenvalue weighted by Crippen LogP contribution is 2.17. The van der Waals surface area contributed by atoms with Crippen molar-refractivity contribution in [2.75, 3.05) is 11.5 Å². The van der Waals surface area contributed by atoms with E-state index in [1.165, 1.54) is 12.1 Å². The molecule has 0 aromatic heterocycles. The Labute approximate surface area is 129 Å². The number of sulfone groups is 1. The summed E-state index contributed by atoms with van der Waals surface area (Å²) < 4.78 is 51.2. The Bertz CT molecular complexity index is 575. The van der Waals surface area contributed by atoms with E-state index in [1.807, 2.05) is 6.92 Å². The molecule has 0 aliphatic carbocycles. The first-order chi connectivity index (χ1) is 10.3. The molecular formula is C15H21F2NO3S. The lowest BCUT2D eigenvalue weighted by molar-refractivity contribution is -0.0498.